The van der Waals surface area contributed by atoms with E-state index in [-0.39, 0.29) is 6.42 Å². The van der Waals surface area contributed by atoms with Gasteiger partial charge in [0.05, 0.1) is 12.0 Å². The number of hydrogen-bond acceptors (Lipinski definition) is 4. The fourth-order valence-corrected chi connectivity index (χ4v) is 2.27. The van der Waals surface area contributed by atoms with E-state index in [9.17, 15) is 23.9 Å². The molecule has 2 amide bonds. The van der Waals surface area contributed by atoms with E-state index in [2.05, 4.69) is 10.6 Å². The van der Waals surface area contributed by atoms with Crippen molar-refractivity contribution in [3.8, 4) is 0 Å². The van der Waals surface area contributed by atoms with Gasteiger partial charge in [-0.1, -0.05) is 30.3 Å². The largest absolute Gasteiger partial charge is 0.548 e. The summed E-state index contributed by atoms with van der Waals surface area (Å²) in [5.74, 6) is -3.01. The quantitative estimate of drug-likeness (QED) is 0.750. The molecule has 26 heavy (non-hydrogen) atoms. The molecule has 2 atom stereocenters. The number of amides is 2. The maximum Gasteiger partial charge on any atom is 0.251 e. The number of carboxylic acids is 1. The van der Waals surface area contributed by atoms with E-state index < -0.39 is 35.7 Å². The van der Waals surface area contributed by atoms with Crippen LogP contribution in [0.2, 0.25) is 0 Å². The average Bonchev–Trinajstić information content (AvgIpc) is 2.63. The highest BCUT2D eigenvalue weighted by Gasteiger charge is 2.23. The molecule has 0 radical (unpaired) electrons. The molecule has 0 heterocycles. The van der Waals surface area contributed by atoms with Gasteiger partial charge >= 0.3 is 0 Å². The lowest BCUT2D eigenvalue weighted by Gasteiger charge is -2.22. The Kier molecular flexibility index (Phi) is 6.43. The van der Waals surface area contributed by atoms with Crippen LogP contribution >= 0.6 is 0 Å². The molecule has 0 aliphatic heterocycles. The van der Waals surface area contributed by atoms with Gasteiger partial charge in [-0.3, -0.25) is 9.59 Å². The van der Waals surface area contributed by atoms with Crippen LogP contribution in [0.1, 0.15) is 22.8 Å². The first-order chi connectivity index (χ1) is 12.4. The second-order valence-corrected chi connectivity index (χ2v) is 5.77. The van der Waals surface area contributed by atoms with Crippen LogP contribution in [-0.4, -0.2) is 29.9 Å². The van der Waals surface area contributed by atoms with Gasteiger partial charge in [-0.2, -0.15) is 0 Å². The van der Waals surface area contributed by atoms with E-state index in [1.165, 1.54) is 31.2 Å². The van der Waals surface area contributed by atoms with Crippen LogP contribution in [0.5, 0.6) is 0 Å². The minimum absolute atomic E-state index is 0.0739. The molecule has 0 saturated carbocycles. The highest BCUT2D eigenvalue weighted by atomic mass is 19.1. The van der Waals surface area contributed by atoms with Gasteiger partial charge in [-0.15, -0.1) is 0 Å². The second kappa shape index (κ2) is 8.75. The summed E-state index contributed by atoms with van der Waals surface area (Å²) in [6, 6.07) is 11.5. The molecular formula is C19H18FN2O4-. The summed E-state index contributed by atoms with van der Waals surface area (Å²) in [6.45, 7) is 1.27. The Morgan fingerprint density at radius 2 is 1.62 bits per heavy atom. The molecule has 0 aliphatic carbocycles. The molecule has 0 spiro atoms. The first kappa shape index (κ1) is 19.1. The van der Waals surface area contributed by atoms with Gasteiger partial charge in [0.15, 0.2) is 0 Å². The summed E-state index contributed by atoms with van der Waals surface area (Å²) in [6.07, 6.45) is 0.0739. The lowest BCUT2D eigenvalue weighted by atomic mass is 10.0. The maximum absolute atomic E-state index is 13.1. The first-order valence-corrected chi connectivity index (χ1v) is 7.98. The van der Waals surface area contributed by atoms with Gasteiger partial charge in [0.2, 0.25) is 5.91 Å². The third-order valence-electron chi connectivity index (χ3n) is 3.72. The zero-order valence-corrected chi connectivity index (χ0v) is 14.1. The van der Waals surface area contributed by atoms with Crippen molar-refractivity contribution in [2.75, 3.05) is 0 Å². The van der Waals surface area contributed by atoms with Crippen molar-refractivity contribution in [1.29, 1.82) is 0 Å². The molecule has 0 unspecified atom stereocenters. The van der Waals surface area contributed by atoms with Crippen molar-refractivity contribution >= 4 is 17.8 Å². The van der Waals surface area contributed by atoms with Gasteiger partial charge in [-0.25, -0.2) is 4.39 Å². The smallest absolute Gasteiger partial charge is 0.251 e. The highest BCUT2D eigenvalue weighted by Crippen LogP contribution is 2.08. The van der Waals surface area contributed by atoms with Gasteiger partial charge in [-0.05, 0) is 36.8 Å². The molecule has 0 bridgehead atoms. The molecule has 136 valence electrons. The summed E-state index contributed by atoms with van der Waals surface area (Å²) in [7, 11) is 0. The first-order valence-electron chi connectivity index (χ1n) is 7.98. The Morgan fingerprint density at radius 1 is 1.00 bits per heavy atom. The molecule has 7 heteroatoms. The van der Waals surface area contributed by atoms with Gasteiger partial charge in [0.25, 0.3) is 5.91 Å². The summed E-state index contributed by atoms with van der Waals surface area (Å²) in [5.41, 5.74) is 0.971. The average molecular weight is 357 g/mol. The third-order valence-corrected chi connectivity index (χ3v) is 3.72. The SMILES string of the molecule is C[C@H](NC(=O)[C@@H](Cc1ccc(F)cc1)NC(=O)c1ccccc1)C(=O)[O-]. The summed E-state index contributed by atoms with van der Waals surface area (Å²) in [4.78, 5) is 35.6. The second-order valence-electron chi connectivity index (χ2n) is 5.77. The predicted molar refractivity (Wildman–Crippen MR) is 90.4 cm³/mol. The summed E-state index contributed by atoms with van der Waals surface area (Å²) < 4.78 is 13.1. The highest BCUT2D eigenvalue weighted by molar-refractivity contribution is 5.98. The Hall–Kier alpha value is -3.22. The minimum atomic E-state index is -1.44. The number of carbonyl (C=O) groups excluding carboxylic acids is 3. The van der Waals surface area contributed by atoms with Crippen molar-refractivity contribution in [3.63, 3.8) is 0 Å². The summed E-state index contributed by atoms with van der Waals surface area (Å²) >= 11 is 0. The third kappa shape index (κ3) is 5.41. The van der Waals surface area contributed by atoms with Crippen molar-refractivity contribution in [2.45, 2.75) is 25.4 Å². The topological polar surface area (TPSA) is 98.3 Å². The fourth-order valence-electron chi connectivity index (χ4n) is 2.27. The molecule has 2 aromatic rings. The number of benzene rings is 2. The van der Waals surface area contributed by atoms with Crippen LogP contribution in [0.3, 0.4) is 0 Å². The van der Waals surface area contributed by atoms with E-state index in [1.807, 2.05) is 0 Å². The standard InChI is InChI=1S/C19H19FN2O4/c1-12(19(25)26)21-18(24)16(11-13-7-9-15(20)10-8-13)22-17(23)14-5-3-2-4-6-14/h2-10,12,16H,11H2,1H3,(H,21,24)(H,22,23)(H,25,26)/p-1/t12-,16+/m0/s1. The van der Waals surface area contributed by atoms with E-state index in [4.69, 9.17) is 0 Å². The lowest BCUT2D eigenvalue weighted by molar-refractivity contribution is -0.307. The molecule has 0 fully saturated rings. The number of nitrogens with one attached hydrogen (secondary N) is 2. The number of hydrogen-bond donors (Lipinski definition) is 2. The Morgan fingerprint density at radius 3 is 2.19 bits per heavy atom. The van der Waals surface area contributed by atoms with E-state index >= 15 is 0 Å². The molecule has 2 N–H and O–H groups in total. The van der Waals surface area contributed by atoms with E-state index in [0.29, 0.717) is 11.1 Å². The molecule has 2 aromatic carbocycles. The molecule has 0 saturated heterocycles. The van der Waals surface area contributed by atoms with Crippen molar-refractivity contribution in [3.05, 3.63) is 71.5 Å². The number of rotatable bonds is 7. The number of carbonyl (C=O) groups is 3. The minimum Gasteiger partial charge on any atom is -0.548 e. The Bertz CT molecular complexity index is 778. The number of halogens is 1. The molecule has 6 nitrogen and oxygen atoms in total. The van der Waals surface area contributed by atoms with Crippen molar-refractivity contribution in [2.24, 2.45) is 0 Å². The van der Waals surface area contributed by atoms with Crippen LogP contribution in [0.4, 0.5) is 4.39 Å². The Balaban J connectivity index is 2.17. The molecule has 0 aliphatic rings. The van der Waals surface area contributed by atoms with E-state index in [1.54, 1.807) is 30.3 Å². The zero-order chi connectivity index (χ0) is 19.1. The monoisotopic (exact) mass is 357 g/mol. The molecule has 2 rings (SSSR count). The van der Waals surface area contributed by atoms with Crippen LogP contribution < -0.4 is 15.7 Å². The summed E-state index contributed by atoms with van der Waals surface area (Å²) in [5, 5.41) is 15.7. The van der Waals surface area contributed by atoms with Crippen LogP contribution in [0.25, 0.3) is 0 Å². The normalized spacial score (nSPS) is 12.7. The number of carboxylic acid groups (broad SMARTS) is 1. The van der Waals surface area contributed by atoms with Crippen LogP contribution in [0.15, 0.2) is 54.6 Å². The van der Waals surface area contributed by atoms with Gasteiger partial charge in [0, 0.05) is 12.0 Å². The van der Waals surface area contributed by atoms with Crippen molar-refractivity contribution < 1.29 is 23.9 Å². The maximum atomic E-state index is 13.1. The zero-order valence-electron chi connectivity index (χ0n) is 14.1. The number of aliphatic carboxylic acids is 1. The van der Waals surface area contributed by atoms with Gasteiger partial charge in [0.1, 0.15) is 11.9 Å². The van der Waals surface area contributed by atoms with Crippen molar-refractivity contribution in [1.82, 2.24) is 10.6 Å². The molecular weight excluding hydrogens is 339 g/mol. The fraction of sp³-hybridized carbons (Fsp3) is 0.211. The lowest BCUT2D eigenvalue weighted by Crippen LogP contribution is -2.54. The van der Waals surface area contributed by atoms with Crippen LogP contribution in [0, 0.1) is 5.82 Å². The van der Waals surface area contributed by atoms with Crippen LogP contribution in [-0.2, 0) is 16.0 Å². The Labute approximate surface area is 150 Å². The predicted octanol–water partition coefficient (Wildman–Crippen LogP) is 0.421. The van der Waals surface area contributed by atoms with E-state index in [0.717, 1.165) is 0 Å². The van der Waals surface area contributed by atoms with Gasteiger partial charge < -0.3 is 20.5 Å². The molecule has 0 aromatic heterocycles.